The van der Waals surface area contributed by atoms with Gasteiger partial charge in [-0.15, -0.1) is 0 Å². The molecule has 1 atom stereocenters. The smallest absolute Gasteiger partial charge is 0.0939 e. The summed E-state index contributed by atoms with van der Waals surface area (Å²) in [6.07, 6.45) is 4.05. The van der Waals surface area contributed by atoms with Crippen LogP contribution in [0.15, 0.2) is 48.8 Å². The Labute approximate surface area is 94.4 Å². The molecule has 2 rings (SSSR count). The average molecular weight is 209 g/mol. The molecular weight excluding hydrogens is 198 g/mol. The van der Waals surface area contributed by atoms with E-state index in [1.807, 2.05) is 36.4 Å². The molecule has 2 aromatic heterocycles. The summed E-state index contributed by atoms with van der Waals surface area (Å²) >= 11 is 0. The minimum absolute atomic E-state index is 0.226. The Bertz CT molecular complexity index is 474. The van der Waals surface area contributed by atoms with Crippen molar-refractivity contribution in [1.29, 1.82) is 5.26 Å². The fourth-order valence-corrected chi connectivity index (χ4v) is 1.53. The van der Waals surface area contributed by atoms with Crippen molar-refractivity contribution in [1.82, 2.24) is 9.97 Å². The molecule has 0 fully saturated rings. The third kappa shape index (κ3) is 2.43. The van der Waals surface area contributed by atoms with Crippen LogP contribution in [0.4, 0.5) is 0 Å². The zero-order valence-corrected chi connectivity index (χ0v) is 8.74. The molecule has 3 nitrogen and oxygen atoms in total. The van der Waals surface area contributed by atoms with E-state index in [4.69, 9.17) is 5.26 Å². The van der Waals surface area contributed by atoms with E-state index in [-0.39, 0.29) is 5.92 Å². The molecule has 0 saturated carbocycles. The first-order valence-corrected chi connectivity index (χ1v) is 5.10. The number of aromatic nitrogens is 2. The standard InChI is InChI=1S/C13H11N3/c14-10-11(13-6-2-4-8-16-13)9-12-5-1-3-7-15-12/h1-8,11H,9H2. The predicted octanol–water partition coefficient (Wildman–Crippen LogP) is 2.33. The van der Waals surface area contributed by atoms with Crippen molar-refractivity contribution in [2.24, 2.45) is 0 Å². The van der Waals surface area contributed by atoms with Gasteiger partial charge in [-0.1, -0.05) is 12.1 Å². The molecule has 16 heavy (non-hydrogen) atoms. The van der Waals surface area contributed by atoms with E-state index in [9.17, 15) is 0 Å². The summed E-state index contributed by atoms with van der Waals surface area (Å²) in [5.74, 6) is -0.226. The van der Waals surface area contributed by atoms with Gasteiger partial charge in [-0.05, 0) is 24.3 Å². The molecule has 2 heterocycles. The van der Waals surface area contributed by atoms with Crippen LogP contribution in [0.1, 0.15) is 17.3 Å². The van der Waals surface area contributed by atoms with Crippen molar-refractivity contribution >= 4 is 0 Å². The van der Waals surface area contributed by atoms with Gasteiger partial charge in [0.1, 0.15) is 0 Å². The van der Waals surface area contributed by atoms with Gasteiger partial charge in [-0.2, -0.15) is 5.26 Å². The second-order valence-corrected chi connectivity index (χ2v) is 3.46. The summed E-state index contributed by atoms with van der Waals surface area (Å²) in [4.78, 5) is 8.41. The molecule has 0 amide bonds. The lowest BCUT2D eigenvalue weighted by atomic mass is 10.0. The number of hydrogen-bond donors (Lipinski definition) is 0. The van der Waals surface area contributed by atoms with Gasteiger partial charge < -0.3 is 0 Å². The molecule has 0 aliphatic rings. The van der Waals surface area contributed by atoms with Gasteiger partial charge in [-0.3, -0.25) is 9.97 Å². The maximum Gasteiger partial charge on any atom is 0.0939 e. The van der Waals surface area contributed by atoms with E-state index in [1.165, 1.54) is 0 Å². The number of hydrogen-bond acceptors (Lipinski definition) is 3. The Morgan fingerprint density at radius 2 is 1.81 bits per heavy atom. The quantitative estimate of drug-likeness (QED) is 0.779. The van der Waals surface area contributed by atoms with E-state index in [0.717, 1.165) is 11.4 Å². The lowest BCUT2D eigenvalue weighted by Gasteiger charge is -2.07. The van der Waals surface area contributed by atoms with Crippen LogP contribution < -0.4 is 0 Å². The summed E-state index contributed by atoms with van der Waals surface area (Å²) in [5, 5.41) is 9.12. The van der Waals surface area contributed by atoms with Crippen LogP contribution in [0.3, 0.4) is 0 Å². The van der Waals surface area contributed by atoms with E-state index in [1.54, 1.807) is 12.4 Å². The Morgan fingerprint density at radius 3 is 2.38 bits per heavy atom. The van der Waals surface area contributed by atoms with Crippen LogP contribution in [0.25, 0.3) is 0 Å². The zero-order valence-electron chi connectivity index (χ0n) is 8.74. The van der Waals surface area contributed by atoms with Gasteiger partial charge in [0.15, 0.2) is 0 Å². The number of rotatable bonds is 3. The minimum atomic E-state index is -0.226. The van der Waals surface area contributed by atoms with E-state index in [0.29, 0.717) is 6.42 Å². The van der Waals surface area contributed by atoms with Gasteiger partial charge in [0.2, 0.25) is 0 Å². The topological polar surface area (TPSA) is 49.6 Å². The highest BCUT2D eigenvalue weighted by Gasteiger charge is 2.12. The van der Waals surface area contributed by atoms with Crippen LogP contribution in [0.5, 0.6) is 0 Å². The normalized spacial score (nSPS) is 11.7. The molecule has 0 radical (unpaired) electrons. The molecule has 0 spiro atoms. The average Bonchev–Trinajstić information content (AvgIpc) is 2.38. The van der Waals surface area contributed by atoms with Crippen LogP contribution in [0, 0.1) is 11.3 Å². The molecule has 2 aromatic rings. The molecular formula is C13H11N3. The van der Waals surface area contributed by atoms with E-state index < -0.39 is 0 Å². The lowest BCUT2D eigenvalue weighted by Crippen LogP contribution is -2.03. The monoisotopic (exact) mass is 209 g/mol. The Balaban J connectivity index is 2.17. The fraction of sp³-hybridized carbons (Fsp3) is 0.154. The van der Waals surface area contributed by atoms with Crippen LogP contribution in [0.2, 0.25) is 0 Å². The van der Waals surface area contributed by atoms with Crippen LogP contribution in [-0.2, 0) is 6.42 Å². The highest BCUT2D eigenvalue weighted by atomic mass is 14.7. The number of pyridine rings is 2. The molecule has 0 N–H and O–H groups in total. The third-order valence-electron chi connectivity index (χ3n) is 2.34. The summed E-state index contributed by atoms with van der Waals surface area (Å²) < 4.78 is 0. The third-order valence-corrected chi connectivity index (χ3v) is 2.34. The second-order valence-electron chi connectivity index (χ2n) is 3.46. The molecule has 3 heteroatoms. The lowest BCUT2D eigenvalue weighted by molar-refractivity contribution is 0.792. The summed E-state index contributed by atoms with van der Waals surface area (Å²) in [7, 11) is 0. The minimum Gasteiger partial charge on any atom is -0.261 e. The molecule has 78 valence electrons. The van der Waals surface area contributed by atoms with Crippen molar-refractivity contribution in [3.8, 4) is 6.07 Å². The molecule has 0 aromatic carbocycles. The summed E-state index contributed by atoms with van der Waals surface area (Å²) in [6, 6.07) is 13.6. The van der Waals surface area contributed by atoms with Crippen molar-refractivity contribution < 1.29 is 0 Å². The molecule has 1 unspecified atom stereocenters. The molecule has 0 saturated heterocycles. The summed E-state index contributed by atoms with van der Waals surface area (Å²) in [6.45, 7) is 0. The first-order chi connectivity index (χ1) is 7.90. The molecule has 0 aliphatic carbocycles. The maximum absolute atomic E-state index is 9.12. The van der Waals surface area contributed by atoms with Gasteiger partial charge in [0, 0.05) is 24.5 Å². The van der Waals surface area contributed by atoms with Crippen molar-refractivity contribution in [2.75, 3.05) is 0 Å². The SMILES string of the molecule is N#CC(Cc1ccccn1)c1ccccn1. The van der Waals surface area contributed by atoms with Gasteiger partial charge in [-0.25, -0.2) is 0 Å². The first-order valence-electron chi connectivity index (χ1n) is 5.10. The molecule has 0 aliphatic heterocycles. The second kappa shape index (κ2) is 5.04. The summed E-state index contributed by atoms with van der Waals surface area (Å²) in [5.41, 5.74) is 1.72. The highest BCUT2D eigenvalue weighted by Crippen LogP contribution is 2.16. The highest BCUT2D eigenvalue weighted by molar-refractivity contribution is 5.20. The Hall–Kier alpha value is -2.21. The maximum atomic E-state index is 9.12. The Morgan fingerprint density at radius 1 is 1.06 bits per heavy atom. The first kappa shape index (κ1) is 10.3. The van der Waals surface area contributed by atoms with Gasteiger partial charge in [0.25, 0.3) is 0 Å². The predicted molar refractivity (Wildman–Crippen MR) is 60.5 cm³/mol. The fourth-order valence-electron chi connectivity index (χ4n) is 1.53. The van der Waals surface area contributed by atoms with Crippen LogP contribution in [-0.4, -0.2) is 9.97 Å². The largest absolute Gasteiger partial charge is 0.261 e. The Kier molecular flexibility index (Phi) is 3.25. The van der Waals surface area contributed by atoms with Crippen LogP contribution >= 0.6 is 0 Å². The zero-order chi connectivity index (χ0) is 11.2. The van der Waals surface area contributed by atoms with Crippen molar-refractivity contribution in [2.45, 2.75) is 12.3 Å². The number of nitrogens with zero attached hydrogens (tertiary/aromatic N) is 3. The van der Waals surface area contributed by atoms with Gasteiger partial charge >= 0.3 is 0 Å². The van der Waals surface area contributed by atoms with Gasteiger partial charge in [0.05, 0.1) is 17.7 Å². The van der Waals surface area contributed by atoms with E-state index in [2.05, 4.69) is 16.0 Å². The molecule has 0 bridgehead atoms. The van der Waals surface area contributed by atoms with Crippen molar-refractivity contribution in [3.63, 3.8) is 0 Å². The van der Waals surface area contributed by atoms with E-state index >= 15 is 0 Å². The van der Waals surface area contributed by atoms with Crippen molar-refractivity contribution in [3.05, 3.63) is 60.2 Å². The number of nitriles is 1.